The molecule has 1 fully saturated rings. The fraction of sp³-hybridized carbons (Fsp3) is 0.462. The van der Waals surface area contributed by atoms with Crippen LogP contribution in [0.4, 0.5) is 0 Å². The average molecular weight is 269 g/mol. The summed E-state index contributed by atoms with van der Waals surface area (Å²) in [6.45, 7) is 4.89. The first kappa shape index (κ1) is 13.3. The number of nitrogens with one attached hydrogen (secondary N) is 1. The number of ether oxygens (including phenoxy) is 1. The summed E-state index contributed by atoms with van der Waals surface area (Å²) in [5.41, 5.74) is 1.54. The highest BCUT2D eigenvalue weighted by molar-refractivity contribution is 6.31. The van der Waals surface area contributed by atoms with Crippen molar-refractivity contribution in [3.63, 3.8) is 0 Å². The fourth-order valence-electron chi connectivity index (χ4n) is 2.03. The van der Waals surface area contributed by atoms with Crippen LogP contribution in [0.2, 0.25) is 5.02 Å². The number of carbonyl (C=O) groups is 1. The molecule has 0 aromatic heterocycles. The number of piperazine rings is 1. The second-order valence-electron chi connectivity index (χ2n) is 4.32. The Morgan fingerprint density at radius 1 is 1.44 bits per heavy atom. The molecule has 1 aromatic rings. The Hall–Kier alpha value is -1.10. The summed E-state index contributed by atoms with van der Waals surface area (Å²) in [7, 11) is 1.37. The van der Waals surface area contributed by atoms with Gasteiger partial charge >= 0.3 is 5.97 Å². The maximum absolute atomic E-state index is 11.4. The number of methoxy groups -OCH3 is 1. The van der Waals surface area contributed by atoms with Crippen LogP contribution in [0.3, 0.4) is 0 Å². The molecule has 1 saturated heterocycles. The van der Waals surface area contributed by atoms with Crippen molar-refractivity contribution >= 4 is 17.6 Å². The number of carbonyl (C=O) groups excluding carboxylic acids is 1. The Bertz CT molecular complexity index is 431. The van der Waals surface area contributed by atoms with E-state index in [1.54, 1.807) is 12.1 Å². The Kier molecular flexibility index (Phi) is 4.58. The van der Waals surface area contributed by atoms with E-state index >= 15 is 0 Å². The molecule has 0 saturated carbocycles. The SMILES string of the molecule is COC(=O)c1ccc(CN2CCNCC2)c(Cl)c1. The van der Waals surface area contributed by atoms with Crippen LogP contribution in [-0.2, 0) is 11.3 Å². The minimum Gasteiger partial charge on any atom is -0.465 e. The standard InChI is InChI=1S/C13H17ClN2O2/c1-18-13(17)10-2-3-11(12(14)8-10)9-16-6-4-15-5-7-16/h2-3,8,15H,4-7,9H2,1H3. The summed E-state index contributed by atoms with van der Waals surface area (Å²) in [6, 6.07) is 5.33. The van der Waals surface area contributed by atoms with Crippen LogP contribution in [-0.4, -0.2) is 44.2 Å². The smallest absolute Gasteiger partial charge is 0.337 e. The lowest BCUT2D eigenvalue weighted by Crippen LogP contribution is -2.42. The van der Waals surface area contributed by atoms with E-state index in [1.807, 2.05) is 6.07 Å². The third-order valence-electron chi connectivity index (χ3n) is 3.08. The van der Waals surface area contributed by atoms with Gasteiger partial charge in [-0.25, -0.2) is 4.79 Å². The van der Waals surface area contributed by atoms with E-state index in [1.165, 1.54) is 7.11 Å². The van der Waals surface area contributed by atoms with Gasteiger partial charge in [0, 0.05) is 37.7 Å². The summed E-state index contributed by atoms with van der Waals surface area (Å²) in [5.74, 6) is -0.356. The van der Waals surface area contributed by atoms with Gasteiger partial charge in [-0.2, -0.15) is 0 Å². The van der Waals surface area contributed by atoms with Gasteiger partial charge in [-0.1, -0.05) is 17.7 Å². The Balaban J connectivity index is 2.07. The molecule has 0 unspecified atom stereocenters. The van der Waals surface area contributed by atoms with Crippen molar-refractivity contribution < 1.29 is 9.53 Å². The summed E-state index contributed by atoms with van der Waals surface area (Å²) in [4.78, 5) is 13.7. The number of hydrogen-bond acceptors (Lipinski definition) is 4. The minimum atomic E-state index is -0.356. The third-order valence-corrected chi connectivity index (χ3v) is 3.43. The molecule has 0 spiro atoms. The van der Waals surface area contributed by atoms with Crippen LogP contribution in [0, 0.1) is 0 Å². The molecule has 0 amide bonds. The first-order chi connectivity index (χ1) is 8.70. The van der Waals surface area contributed by atoms with Gasteiger partial charge in [0.2, 0.25) is 0 Å². The highest BCUT2D eigenvalue weighted by atomic mass is 35.5. The zero-order chi connectivity index (χ0) is 13.0. The molecule has 2 rings (SSSR count). The quantitative estimate of drug-likeness (QED) is 0.845. The van der Waals surface area contributed by atoms with Crippen LogP contribution in [0.1, 0.15) is 15.9 Å². The molecule has 1 aliphatic heterocycles. The number of benzene rings is 1. The summed E-state index contributed by atoms with van der Waals surface area (Å²) in [6.07, 6.45) is 0. The fourth-order valence-corrected chi connectivity index (χ4v) is 2.27. The van der Waals surface area contributed by atoms with E-state index in [0.717, 1.165) is 38.3 Å². The molecule has 98 valence electrons. The van der Waals surface area contributed by atoms with Gasteiger partial charge in [0.15, 0.2) is 0 Å². The highest BCUT2D eigenvalue weighted by Gasteiger charge is 2.13. The molecule has 1 aliphatic rings. The highest BCUT2D eigenvalue weighted by Crippen LogP contribution is 2.20. The van der Waals surface area contributed by atoms with Crippen molar-refractivity contribution in [1.29, 1.82) is 0 Å². The lowest BCUT2D eigenvalue weighted by molar-refractivity contribution is 0.0600. The van der Waals surface area contributed by atoms with E-state index in [-0.39, 0.29) is 5.97 Å². The third kappa shape index (κ3) is 3.22. The number of halogens is 1. The van der Waals surface area contributed by atoms with E-state index in [9.17, 15) is 4.79 Å². The molecular formula is C13H17ClN2O2. The molecule has 5 heteroatoms. The van der Waals surface area contributed by atoms with Gasteiger partial charge in [-0.15, -0.1) is 0 Å². The molecule has 18 heavy (non-hydrogen) atoms. The van der Waals surface area contributed by atoms with Gasteiger partial charge in [0.1, 0.15) is 0 Å². The number of nitrogens with zero attached hydrogens (tertiary/aromatic N) is 1. The molecule has 0 bridgehead atoms. The van der Waals surface area contributed by atoms with Gasteiger partial charge in [-0.3, -0.25) is 4.90 Å². The molecular weight excluding hydrogens is 252 g/mol. The van der Waals surface area contributed by atoms with Crippen LogP contribution >= 0.6 is 11.6 Å². The molecule has 0 radical (unpaired) electrons. The lowest BCUT2D eigenvalue weighted by atomic mass is 10.1. The molecule has 1 heterocycles. The van der Waals surface area contributed by atoms with E-state index < -0.39 is 0 Å². The van der Waals surface area contributed by atoms with Gasteiger partial charge in [-0.05, 0) is 17.7 Å². The van der Waals surface area contributed by atoms with Gasteiger partial charge < -0.3 is 10.1 Å². The monoisotopic (exact) mass is 268 g/mol. The normalized spacial score (nSPS) is 16.6. The second-order valence-corrected chi connectivity index (χ2v) is 4.73. The van der Waals surface area contributed by atoms with Crippen molar-refractivity contribution in [3.8, 4) is 0 Å². The average Bonchev–Trinajstić information content (AvgIpc) is 2.41. The van der Waals surface area contributed by atoms with Crippen molar-refractivity contribution in [2.75, 3.05) is 33.3 Å². The predicted molar refractivity (Wildman–Crippen MR) is 70.9 cm³/mol. The maximum Gasteiger partial charge on any atom is 0.337 e. The first-order valence-corrected chi connectivity index (χ1v) is 6.38. The molecule has 1 N–H and O–H groups in total. The second kappa shape index (κ2) is 6.18. The van der Waals surface area contributed by atoms with E-state index in [4.69, 9.17) is 11.6 Å². The minimum absolute atomic E-state index is 0.356. The van der Waals surface area contributed by atoms with Crippen LogP contribution in [0.15, 0.2) is 18.2 Å². The van der Waals surface area contributed by atoms with Crippen molar-refractivity contribution in [3.05, 3.63) is 34.3 Å². The zero-order valence-corrected chi connectivity index (χ0v) is 11.2. The van der Waals surface area contributed by atoms with Crippen molar-refractivity contribution in [1.82, 2.24) is 10.2 Å². The topological polar surface area (TPSA) is 41.6 Å². The summed E-state index contributed by atoms with van der Waals surface area (Å²) >= 11 is 6.20. The first-order valence-electron chi connectivity index (χ1n) is 6.00. The molecule has 4 nitrogen and oxygen atoms in total. The lowest BCUT2D eigenvalue weighted by Gasteiger charge is -2.27. The summed E-state index contributed by atoms with van der Waals surface area (Å²) < 4.78 is 4.66. The molecule has 0 aliphatic carbocycles. The molecule has 0 atom stereocenters. The zero-order valence-electron chi connectivity index (χ0n) is 10.4. The van der Waals surface area contributed by atoms with Crippen LogP contribution in [0.5, 0.6) is 0 Å². The Morgan fingerprint density at radius 3 is 2.78 bits per heavy atom. The van der Waals surface area contributed by atoms with Gasteiger partial charge in [0.05, 0.1) is 12.7 Å². The Morgan fingerprint density at radius 2 is 2.17 bits per heavy atom. The largest absolute Gasteiger partial charge is 0.465 e. The van der Waals surface area contributed by atoms with Crippen molar-refractivity contribution in [2.45, 2.75) is 6.54 Å². The number of rotatable bonds is 3. The van der Waals surface area contributed by atoms with Gasteiger partial charge in [0.25, 0.3) is 0 Å². The molecule has 1 aromatic carbocycles. The van der Waals surface area contributed by atoms with Crippen molar-refractivity contribution in [2.24, 2.45) is 0 Å². The predicted octanol–water partition coefficient (Wildman–Crippen LogP) is 1.53. The van der Waals surface area contributed by atoms with E-state index in [0.29, 0.717) is 10.6 Å². The van der Waals surface area contributed by atoms with E-state index in [2.05, 4.69) is 15.0 Å². The van der Waals surface area contributed by atoms with Crippen LogP contribution in [0.25, 0.3) is 0 Å². The Labute approximate surface area is 112 Å². The number of esters is 1. The summed E-state index contributed by atoms with van der Waals surface area (Å²) in [5, 5.41) is 3.93. The maximum atomic E-state index is 11.4. The van der Waals surface area contributed by atoms with Crippen LogP contribution < -0.4 is 5.32 Å². The number of hydrogen-bond donors (Lipinski definition) is 1.